The van der Waals surface area contributed by atoms with E-state index >= 15 is 0 Å². The predicted octanol–water partition coefficient (Wildman–Crippen LogP) is 5.93. The van der Waals surface area contributed by atoms with Crippen LogP contribution in [0.4, 0.5) is 13.2 Å². The van der Waals surface area contributed by atoms with Gasteiger partial charge in [0.15, 0.2) is 0 Å². The Kier molecular flexibility index (Phi) is 6.50. The third-order valence-electron chi connectivity index (χ3n) is 10.6. The third-order valence-corrected chi connectivity index (χ3v) is 10.6. The summed E-state index contributed by atoms with van der Waals surface area (Å²) in [5.74, 6) is 2.88. The van der Waals surface area contributed by atoms with Gasteiger partial charge in [-0.15, -0.1) is 13.2 Å². The van der Waals surface area contributed by atoms with Crippen molar-refractivity contribution >= 4 is 0 Å². The molecule has 0 aromatic heterocycles. The van der Waals surface area contributed by atoms with E-state index in [4.69, 9.17) is 0 Å². The van der Waals surface area contributed by atoms with Gasteiger partial charge in [-0.25, -0.2) is 0 Å². The Morgan fingerprint density at radius 1 is 1.00 bits per heavy atom. The zero-order valence-electron chi connectivity index (χ0n) is 19.3. The number of aliphatic hydroxyl groups is 2. The highest BCUT2D eigenvalue weighted by Gasteiger charge is 2.63. The molecule has 180 valence electrons. The number of aliphatic hydroxyl groups excluding tert-OH is 2. The number of hydrogen-bond acceptors (Lipinski definition) is 3. The molecular formula is C25H41F3O3. The van der Waals surface area contributed by atoms with Crippen LogP contribution in [0, 0.1) is 46.3 Å². The number of ether oxygens (including phenoxy) is 1. The summed E-state index contributed by atoms with van der Waals surface area (Å²) in [6.45, 7) is 6.58. The minimum absolute atomic E-state index is 0.136. The number of fused-ring (bicyclic) bond motifs is 5. The molecule has 0 aliphatic heterocycles. The van der Waals surface area contributed by atoms with Crippen molar-refractivity contribution in [3.8, 4) is 0 Å². The number of rotatable bonds is 5. The quantitative estimate of drug-likeness (QED) is 0.515. The number of halogens is 3. The molecule has 31 heavy (non-hydrogen) atoms. The van der Waals surface area contributed by atoms with Crippen LogP contribution in [0.3, 0.4) is 0 Å². The van der Waals surface area contributed by atoms with Crippen molar-refractivity contribution < 1.29 is 28.1 Å². The second-order valence-electron chi connectivity index (χ2n) is 11.8. The molecule has 6 heteroatoms. The zero-order chi connectivity index (χ0) is 22.6. The van der Waals surface area contributed by atoms with E-state index in [0.717, 1.165) is 38.5 Å². The summed E-state index contributed by atoms with van der Waals surface area (Å²) in [6, 6.07) is 0. The lowest BCUT2D eigenvalue weighted by molar-refractivity contribution is -0.324. The van der Waals surface area contributed by atoms with Crippen molar-refractivity contribution in [2.45, 2.75) is 104 Å². The zero-order valence-corrected chi connectivity index (χ0v) is 19.3. The van der Waals surface area contributed by atoms with E-state index in [2.05, 4.69) is 25.5 Å². The van der Waals surface area contributed by atoms with Gasteiger partial charge in [0.2, 0.25) is 0 Å². The van der Waals surface area contributed by atoms with E-state index in [1.165, 1.54) is 12.8 Å². The molecule has 0 bridgehead atoms. The van der Waals surface area contributed by atoms with Crippen LogP contribution in [-0.2, 0) is 4.74 Å². The Hall–Kier alpha value is -0.330. The number of alkyl halides is 3. The largest absolute Gasteiger partial charge is 0.522 e. The van der Waals surface area contributed by atoms with E-state index in [-0.39, 0.29) is 35.6 Å². The second-order valence-corrected chi connectivity index (χ2v) is 11.8. The highest BCUT2D eigenvalue weighted by Crippen LogP contribution is 2.68. The molecule has 0 spiro atoms. The van der Waals surface area contributed by atoms with Gasteiger partial charge in [0, 0.05) is 0 Å². The first-order valence-electron chi connectivity index (χ1n) is 12.5. The molecule has 0 heterocycles. The summed E-state index contributed by atoms with van der Waals surface area (Å²) >= 11 is 0. The van der Waals surface area contributed by atoms with Crippen molar-refractivity contribution in [1.82, 2.24) is 0 Å². The van der Waals surface area contributed by atoms with Crippen LogP contribution in [0.25, 0.3) is 0 Å². The van der Waals surface area contributed by atoms with Crippen LogP contribution < -0.4 is 0 Å². The summed E-state index contributed by atoms with van der Waals surface area (Å²) in [5.41, 5.74) is 0.0892. The van der Waals surface area contributed by atoms with E-state index < -0.39 is 6.36 Å². The fourth-order valence-electron chi connectivity index (χ4n) is 8.95. The van der Waals surface area contributed by atoms with E-state index in [0.29, 0.717) is 42.4 Å². The first kappa shape index (κ1) is 23.8. The highest BCUT2D eigenvalue weighted by atomic mass is 19.4. The summed E-state index contributed by atoms with van der Waals surface area (Å²) in [6.07, 6.45) is 4.36. The van der Waals surface area contributed by atoms with Crippen molar-refractivity contribution in [2.75, 3.05) is 6.61 Å². The average molecular weight is 447 g/mol. The van der Waals surface area contributed by atoms with Gasteiger partial charge in [-0.2, -0.15) is 0 Å². The Balaban J connectivity index is 1.45. The first-order valence-corrected chi connectivity index (χ1v) is 12.5. The molecular weight excluding hydrogens is 405 g/mol. The topological polar surface area (TPSA) is 49.7 Å². The van der Waals surface area contributed by atoms with Gasteiger partial charge < -0.3 is 10.2 Å². The van der Waals surface area contributed by atoms with Gasteiger partial charge in [-0.05, 0) is 111 Å². The molecule has 4 saturated carbocycles. The molecule has 0 saturated heterocycles. The van der Waals surface area contributed by atoms with Gasteiger partial charge in [0.05, 0.1) is 18.8 Å². The van der Waals surface area contributed by atoms with Crippen LogP contribution in [0.1, 0.15) is 85.0 Å². The molecule has 4 rings (SSSR count). The van der Waals surface area contributed by atoms with E-state index in [9.17, 15) is 23.4 Å². The van der Waals surface area contributed by atoms with Gasteiger partial charge in [0.1, 0.15) is 0 Å². The van der Waals surface area contributed by atoms with Crippen molar-refractivity contribution in [1.29, 1.82) is 0 Å². The maximum Gasteiger partial charge on any atom is 0.522 e. The molecule has 0 aromatic carbocycles. The molecule has 0 radical (unpaired) electrons. The summed E-state index contributed by atoms with van der Waals surface area (Å²) in [4.78, 5) is 0. The highest BCUT2D eigenvalue weighted by molar-refractivity contribution is 5.12. The Morgan fingerprint density at radius 3 is 2.45 bits per heavy atom. The molecule has 0 aromatic rings. The smallest absolute Gasteiger partial charge is 0.393 e. The van der Waals surface area contributed by atoms with E-state index in [1.54, 1.807) is 0 Å². The molecule has 4 aliphatic rings. The standard InChI is InChI=1S/C25H41F3O3/c1-15(5-4-12-31-25(26,27)28)19-8-9-20-18-7-6-16-13-17(29)10-11-23(16,2)21(18)14-22(30)24(19,20)3/h15-22,29-30H,4-14H2,1-3H3/t15-,16-,17-,18+,19-,20+,21+,22+,23+,24-/m1/s1. The lowest BCUT2D eigenvalue weighted by Crippen LogP contribution is -2.58. The normalized spacial score (nSPS) is 48.6. The lowest BCUT2D eigenvalue weighted by atomic mass is 9.43. The van der Waals surface area contributed by atoms with Gasteiger partial charge in [0.25, 0.3) is 0 Å². The molecule has 4 aliphatic carbocycles. The fraction of sp³-hybridized carbons (Fsp3) is 1.00. The lowest BCUT2D eigenvalue weighted by Gasteiger charge is -2.62. The summed E-state index contributed by atoms with van der Waals surface area (Å²) in [7, 11) is 0. The van der Waals surface area contributed by atoms with Crippen molar-refractivity contribution in [2.24, 2.45) is 46.3 Å². The van der Waals surface area contributed by atoms with Crippen molar-refractivity contribution in [3.05, 3.63) is 0 Å². The monoisotopic (exact) mass is 446 g/mol. The van der Waals surface area contributed by atoms with Crippen LogP contribution in [-0.4, -0.2) is 35.4 Å². The molecule has 10 atom stereocenters. The maximum atomic E-state index is 12.3. The molecule has 4 fully saturated rings. The van der Waals surface area contributed by atoms with Crippen LogP contribution in [0.15, 0.2) is 0 Å². The number of hydrogen-bond donors (Lipinski definition) is 2. The predicted molar refractivity (Wildman–Crippen MR) is 113 cm³/mol. The minimum Gasteiger partial charge on any atom is -0.393 e. The summed E-state index contributed by atoms with van der Waals surface area (Å²) in [5, 5.41) is 21.7. The van der Waals surface area contributed by atoms with Crippen LogP contribution in [0.2, 0.25) is 0 Å². The fourth-order valence-corrected chi connectivity index (χ4v) is 8.95. The van der Waals surface area contributed by atoms with Crippen LogP contribution >= 0.6 is 0 Å². The summed E-state index contributed by atoms with van der Waals surface area (Å²) < 4.78 is 40.8. The van der Waals surface area contributed by atoms with Gasteiger partial charge in [-0.1, -0.05) is 20.8 Å². The molecule has 0 amide bonds. The molecule has 2 N–H and O–H groups in total. The second kappa shape index (κ2) is 8.47. The Bertz CT molecular complexity index is 640. The van der Waals surface area contributed by atoms with Gasteiger partial charge >= 0.3 is 6.36 Å². The Labute approximate surface area is 185 Å². The van der Waals surface area contributed by atoms with Gasteiger partial charge in [-0.3, -0.25) is 4.74 Å². The average Bonchev–Trinajstić information content (AvgIpc) is 3.05. The Morgan fingerprint density at radius 2 is 1.74 bits per heavy atom. The third kappa shape index (κ3) is 4.19. The van der Waals surface area contributed by atoms with E-state index in [1.807, 2.05) is 0 Å². The van der Waals surface area contributed by atoms with Crippen molar-refractivity contribution in [3.63, 3.8) is 0 Å². The first-order chi connectivity index (χ1) is 14.5. The minimum atomic E-state index is -4.55. The molecule has 0 unspecified atom stereocenters. The van der Waals surface area contributed by atoms with Crippen LogP contribution in [0.5, 0.6) is 0 Å². The molecule has 3 nitrogen and oxygen atoms in total. The maximum absolute atomic E-state index is 12.3. The SMILES string of the molecule is C[C@H](CCCOC(F)(F)F)[C@H]1CC[C@H]2[C@@H]3CC[C@@H]4C[C@H](O)CC[C@]4(C)[C@H]3C[C@H](O)[C@]12C.